The molecular weight excluding hydrogens is 436 g/mol. The first-order valence-corrected chi connectivity index (χ1v) is 12.0. The number of fused-ring (bicyclic) bond motifs is 2. The number of aromatic nitrogens is 1. The molecule has 3 aromatic carbocycles. The van der Waals surface area contributed by atoms with Gasteiger partial charge >= 0.3 is 0 Å². The number of carbonyl (C=O) groups excluding carboxylic acids is 1. The van der Waals surface area contributed by atoms with E-state index in [-0.39, 0.29) is 23.8 Å². The van der Waals surface area contributed by atoms with Gasteiger partial charge in [-0.3, -0.25) is 10.2 Å². The van der Waals surface area contributed by atoms with Crippen LogP contribution in [0.5, 0.6) is 0 Å². The lowest BCUT2D eigenvalue weighted by molar-refractivity contribution is 0.0917. The molecule has 1 aromatic heterocycles. The van der Waals surface area contributed by atoms with Crippen LogP contribution in [0.4, 0.5) is 0 Å². The number of nitrogens with two attached hydrogens (primary N) is 2. The number of amides is 1. The van der Waals surface area contributed by atoms with Crippen LogP contribution in [0, 0.1) is 10.8 Å². The average Bonchev–Trinajstić information content (AvgIpc) is 3.23. The highest BCUT2D eigenvalue weighted by atomic mass is 16.2. The van der Waals surface area contributed by atoms with Gasteiger partial charge in [-0.25, -0.2) is 0 Å². The molecule has 0 atom stereocenters. The zero-order valence-electron chi connectivity index (χ0n) is 19.6. The molecule has 1 aliphatic carbocycles. The first-order chi connectivity index (χ1) is 16.9. The van der Waals surface area contributed by atoms with Gasteiger partial charge in [0.1, 0.15) is 11.5 Å². The molecule has 7 heteroatoms. The van der Waals surface area contributed by atoms with Crippen LogP contribution in [0.25, 0.3) is 21.7 Å². The highest BCUT2D eigenvalue weighted by Crippen LogP contribution is 2.28. The Labute approximate surface area is 204 Å². The highest BCUT2D eigenvalue weighted by Gasteiger charge is 2.23. The van der Waals surface area contributed by atoms with Crippen LogP contribution in [0.2, 0.25) is 0 Å². The molecule has 7 nitrogen and oxygen atoms in total. The van der Waals surface area contributed by atoms with Crippen LogP contribution in [0.3, 0.4) is 0 Å². The molecule has 35 heavy (non-hydrogen) atoms. The van der Waals surface area contributed by atoms with Crippen molar-refractivity contribution in [3.8, 4) is 0 Å². The molecule has 1 fully saturated rings. The summed E-state index contributed by atoms with van der Waals surface area (Å²) in [6.07, 6.45) is 4.97. The number of hydrogen-bond donors (Lipinski definition) is 5. The second-order valence-corrected chi connectivity index (χ2v) is 9.39. The van der Waals surface area contributed by atoms with Gasteiger partial charge in [-0.15, -0.1) is 0 Å². The summed E-state index contributed by atoms with van der Waals surface area (Å²) in [4.78, 5) is 13.5. The lowest BCUT2D eigenvalue weighted by Gasteiger charge is -2.27. The molecule has 0 saturated heterocycles. The summed E-state index contributed by atoms with van der Waals surface area (Å²) < 4.78 is 2.01. The van der Waals surface area contributed by atoms with Gasteiger partial charge in [0.05, 0.1) is 0 Å². The van der Waals surface area contributed by atoms with Gasteiger partial charge in [-0.1, -0.05) is 48.5 Å². The summed E-state index contributed by atoms with van der Waals surface area (Å²) in [7, 11) is 0. The van der Waals surface area contributed by atoms with Crippen molar-refractivity contribution in [2.75, 3.05) is 0 Å². The van der Waals surface area contributed by atoms with E-state index < -0.39 is 0 Å². The van der Waals surface area contributed by atoms with E-state index >= 15 is 0 Å². The first kappa shape index (κ1) is 22.8. The second kappa shape index (κ2) is 9.35. The van der Waals surface area contributed by atoms with Crippen molar-refractivity contribution in [3.63, 3.8) is 0 Å². The van der Waals surface area contributed by atoms with Crippen LogP contribution in [0.1, 0.15) is 52.9 Å². The summed E-state index contributed by atoms with van der Waals surface area (Å²) in [5, 5.41) is 21.9. The Morgan fingerprint density at radius 2 is 1.77 bits per heavy atom. The Balaban J connectivity index is 1.59. The van der Waals surface area contributed by atoms with Crippen molar-refractivity contribution in [1.82, 2.24) is 9.88 Å². The van der Waals surface area contributed by atoms with Gasteiger partial charge in [0.15, 0.2) is 0 Å². The third-order valence-corrected chi connectivity index (χ3v) is 7.09. The van der Waals surface area contributed by atoms with Crippen LogP contribution in [-0.2, 0) is 6.54 Å². The van der Waals surface area contributed by atoms with E-state index in [0.29, 0.717) is 17.8 Å². The highest BCUT2D eigenvalue weighted by molar-refractivity contribution is 6.03. The maximum absolute atomic E-state index is 13.5. The minimum absolute atomic E-state index is 0.00928. The monoisotopic (exact) mass is 466 g/mol. The SMILES string of the molecule is N=Cc1ccc(Cn2c(C(=O)NC3CCC(N)CC3)cc3ccc(C(=N)N)cc32)c2ccccc12. The number of amidine groups is 1. The maximum atomic E-state index is 13.5. The number of nitrogens with one attached hydrogen (secondary N) is 3. The molecule has 0 spiro atoms. The zero-order valence-corrected chi connectivity index (χ0v) is 19.6. The molecule has 7 N–H and O–H groups in total. The second-order valence-electron chi connectivity index (χ2n) is 9.39. The molecule has 4 aromatic rings. The Hall–Kier alpha value is -3.97. The van der Waals surface area contributed by atoms with E-state index in [0.717, 1.165) is 58.5 Å². The Kier molecular flexibility index (Phi) is 6.09. The largest absolute Gasteiger partial charge is 0.384 e. The van der Waals surface area contributed by atoms with Crippen LogP contribution in [-0.4, -0.2) is 34.6 Å². The molecule has 1 heterocycles. The fourth-order valence-corrected chi connectivity index (χ4v) is 5.12. The number of nitrogen functional groups attached to an aromatic ring is 1. The Bertz CT molecular complexity index is 1440. The van der Waals surface area contributed by atoms with Gasteiger partial charge in [-0.2, -0.15) is 0 Å². The average molecular weight is 467 g/mol. The van der Waals surface area contributed by atoms with Gasteiger partial charge < -0.3 is 26.8 Å². The van der Waals surface area contributed by atoms with Gasteiger partial charge in [0, 0.05) is 41.3 Å². The molecule has 0 radical (unpaired) electrons. The minimum Gasteiger partial charge on any atom is -0.384 e. The van der Waals surface area contributed by atoms with Crippen LogP contribution in [0.15, 0.2) is 60.7 Å². The lowest BCUT2D eigenvalue weighted by atomic mass is 9.92. The van der Waals surface area contributed by atoms with Crippen molar-refractivity contribution in [3.05, 3.63) is 83.0 Å². The molecular formula is C28H30N6O. The molecule has 1 amide bonds. The molecule has 178 valence electrons. The van der Waals surface area contributed by atoms with Crippen LogP contribution >= 0.6 is 0 Å². The van der Waals surface area contributed by atoms with Crippen molar-refractivity contribution in [1.29, 1.82) is 10.8 Å². The number of benzene rings is 3. The Morgan fingerprint density at radius 3 is 2.49 bits per heavy atom. The fraction of sp³-hybridized carbons (Fsp3) is 0.250. The van der Waals surface area contributed by atoms with E-state index in [1.165, 1.54) is 6.21 Å². The summed E-state index contributed by atoms with van der Waals surface area (Å²) in [6, 6.07) is 19.8. The van der Waals surface area contributed by atoms with Gasteiger partial charge in [0.2, 0.25) is 0 Å². The molecule has 1 saturated carbocycles. The molecule has 0 aliphatic heterocycles. The topological polar surface area (TPSA) is 134 Å². The van der Waals surface area contributed by atoms with Crippen molar-refractivity contribution in [2.45, 2.75) is 44.3 Å². The van der Waals surface area contributed by atoms with E-state index in [1.807, 2.05) is 59.2 Å². The summed E-state index contributed by atoms with van der Waals surface area (Å²) in [5.74, 6) is -0.114. The van der Waals surface area contributed by atoms with E-state index in [9.17, 15) is 4.79 Å². The Morgan fingerprint density at radius 1 is 1.03 bits per heavy atom. The lowest BCUT2D eigenvalue weighted by Crippen LogP contribution is -2.41. The van der Waals surface area contributed by atoms with Crippen molar-refractivity contribution >= 4 is 39.6 Å². The smallest absolute Gasteiger partial charge is 0.268 e. The molecule has 5 rings (SSSR count). The summed E-state index contributed by atoms with van der Waals surface area (Å²) in [6.45, 7) is 0.474. The normalized spacial score (nSPS) is 18.0. The fourth-order valence-electron chi connectivity index (χ4n) is 5.12. The quantitative estimate of drug-likeness (QED) is 0.216. The summed E-state index contributed by atoms with van der Waals surface area (Å²) >= 11 is 0. The van der Waals surface area contributed by atoms with Crippen molar-refractivity contribution < 1.29 is 4.79 Å². The number of rotatable bonds is 6. The zero-order chi connectivity index (χ0) is 24.5. The molecule has 1 aliphatic rings. The number of carbonyl (C=O) groups is 1. The first-order valence-electron chi connectivity index (χ1n) is 12.0. The standard InChI is InChI=1S/C28H30N6O/c29-15-19-7-8-20(24-4-2-1-3-23(19)24)16-34-25-14-18(27(31)32)6-5-17(25)13-26(34)28(35)33-22-11-9-21(30)10-12-22/h1-8,13-15,21-22,29H,9-12,16,30H2,(H3,31,32)(H,33,35). The summed E-state index contributed by atoms with van der Waals surface area (Å²) in [5.41, 5.74) is 15.8. The third-order valence-electron chi connectivity index (χ3n) is 7.09. The van der Waals surface area contributed by atoms with Crippen LogP contribution < -0.4 is 16.8 Å². The minimum atomic E-state index is -0.105. The molecule has 0 bridgehead atoms. The van der Waals surface area contributed by atoms with Crippen molar-refractivity contribution in [2.24, 2.45) is 11.5 Å². The van der Waals surface area contributed by atoms with Gasteiger partial charge in [0.25, 0.3) is 5.91 Å². The van der Waals surface area contributed by atoms with E-state index in [1.54, 1.807) is 0 Å². The van der Waals surface area contributed by atoms with Gasteiger partial charge in [-0.05, 0) is 59.7 Å². The number of nitrogens with zero attached hydrogens (tertiary/aromatic N) is 1. The van der Waals surface area contributed by atoms with E-state index in [4.69, 9.17) is 22.3 Å². The number of hydrogen-bond acceptors (Lipinski definition) is 4. The maximum Gasteiger partial charge on any atom is 0.268 e. The predicted molar refractivity (Wildman–Crippen MR) is 142 cm³/mol. The molecule has 0 unspecified atom stereocenters. The van der Waals surface area contributed by atoms with E-state index in [2.05, 4.69) is 11.4 Å². The third kappa shape index (κ3) is 4.42. The predicted octanol–water partition coefficient (Wildman–Crippen LogP) is 4.12.